The van der Waals surface area contributed by atoms with E-state index in [1.807, 2.05) is 26.0 Å². The molecule has 0 saturated heterocycles. The zero-order chi connectivity index (χ0) is 24.9. The summed E-state index contributed by atoms with van der Waals surface area (Å²) in [5, 5.41) is 2.92. The third-order valence-corrected chi connectivity index (χ3v) is 6.55. The van der Waals surface area contributed by atoms with Crippen LogP contribution < -0.4 is 23.8 Å². The molecule has 182 valence electrons. The van der Waals surface area contributed by atoms with Crippen molar-refractivity contribution in [3.8, 4) is 17.2 Å². The number of hydrogen-bond acceptors (Lipinski definition) is 6. The largest absolute Gasteiger partial charge is 0.497 e. The molecule has 33 heavy (non-hydrogen) atoms. The zero-order valence-corrected chi connectivity index (χ0v) is 21.4. The Morgan fingerprint density at radius 2 is 1.61 bits per heavy atom. The average molecular weight is 479 g/mol. The summed E-state index contributed by atoms with van der Waals surface area (Å²) in [6.07, 6.45) is 1.05. The third kappa shape index (κ3) is 6.31. The van der Waals surface area contributed by atoms with E-state index in [4.69, 9.17) is 14.2 Å². The van der Waals surface area contributed by atoms with Crippen molar-refractivity contribution in [1.82, 2.24) is 5.32 Å². The van der Waals surface area contributed by atoms with Crippen LogP contribution in [0.4, 0.5) is 5.69 Å². The highest BCUT2D eigenvalue weighted by Crippen LogP contribution is 2.34. The molecule has 0 fully saturated rings. The van der Waals surface area contributed by atoms with E-state index in [0.29, 0.717) is 11.5 Å². The van der Waals surface area contributed by atoms with E-state index < -0.39 is 22.5 Å². The molecule has 0 spiro atoms. The molecule has 0 aliphatic heterocycles. The first-order chi connectivity index (χ1) is 15.4. The Hall–Kier alpha value is -2.94. The number of rotatable bonds is 10. The van der Waals surface area contributed by atoms with E-state index in [0.717, 1.165) is 33.0 Å². The molecule has 0 aromatic heterocycles. The fraction of sp³-hybridized carbons (Fsp3) is 0.458. The molecule has 1 N–H and O–H groups in total. The van der Waals surface area contributed by atoms with Crippen molar-refractivity contribution < 1.29 is 27.4 Å². The number of carbonyl (C=O) groups excluding carboxylic acids is 1. The Morgan fingerprint density at radius 1 is 0.970 bits per heavy atom. The van der Waals surface area contributed by atoms with Gasteiger partial charge in [-0.05, 0) is 60.7 Å². The first-order valence-electron chi connectivity index (χ1n) is 10.6. The molecule has 0 saturated carbocycles. The standard InChI is InChI=1S/C24H34N2O6S/c1-15(2)19-13-20(16(3)11-23(19)32-7)17(4)25-24(27)14-26(33(8,28)29)21-12-18(30-5)9-10-22(21)31-6/h9-13,15,17H,14H2,1-8H3,(H,25,27)/t17-/m1/s1. The lowest BCUT2D eigenvalue weighted by molar-refractivity contribution is -0.120. The van der Waals surface area contributed by atoms with E-state index in [9.17, 15) is 13.2 Å². The van der Waals surface area contributed by atoms with Gasteiger partial charge in [0, 0.05) is 6.07 Å². The van der Waals surface area contributed by atoms with Crippen LogP contribution in [0.3, 0.4) is 0 Å². The normalized spacial score (nSPS) is 12.3. The summed E-state index contributed by atoms with van der Waals surface area (Å²) in [6, 6.07) is 8.43. The predicted octanol–water partition coefficient (Wildman–Crippen LogP) is 3.79. The summed E-state index contributed by atoms with van der Waals surface area (Å²) in [5.74, 6) is 1.36. The highest BCUT2D eigenvalue weighted by Gasteiger charge is 2.26. The van der Waals surface area contributed by atoms with Gasteiger partial charge in [-0.2, -0.15) is 0 Å². The Bertz CT molecular complexity index is 1100. The number of methoxy groups -OCH3 is 3. The van der Waals surface area contributed by atoms with Gasteiger partial charge in [-0.25, -0.2) is 8.42 Å². The minimum Gasteiger partial charge on any atom is -0.497 e. The van der Waals surface area contributed by atoms with Gasteiger partial charge >= 0.3 is 0 Å². The maximum absolute atomic E-state index is 13.0. The number of amides is 1. The number of hydrogen-bond donors (Lipinski definition) is 1. The molecule has 0 radical (unpaired) electrons. The van der Waals surface area contributed by atoms with Gasteiger partial charge in [0.15, 0.2) is 0 Å². The second-order valence-electron chi connectivity index (χ2n) is 8.20. The van der Waals surface area contributed by atoms with Gasteiger partial charge in [-0.15, -0.1) is 0 Å². The fourth-order valence-electron chi connectivity index (χ4n) is 3.68. The second-order valence-corrected chi connectivity index (χ2v) is 10.1. The van der Waals surface area contributed by atoms with E-state index >= 15 is 0 Å². The summed E-state index contributed by atoms with van der Waals surface area (Å²) in [5.41, 5.74) is 3.18. The van der Waals surface area contributed by atoms with Gasteiger partial charge in [-0.1, -0.05) is 13.8 Å². The molecule has 1 atom stereocenters. The molecule has 0 heterocycles. The second kappa shape index (κ2) is 10.8. The van der Waals surface area contributed by atoms with E-state index in [1.54, 1.807) is 19.2 Å². The van der Waals surface area contributed by atoms with Crippen LogP contribution in [0, 0.1) is 6.92 Å². The van der Waals surface area contributed by atoms with Gasteiger partial charge in [0.25, 0.3) is 0 Å². The highest BCUT2D eigenvalue weighted by atomic mass is 32.2. The van der Waals surface area contributed by atoms with Crippen molar-refractivity contribution in [2.45, 2.75) is 39.7 Å². The number of sulfonamides is 1. The van der Waals surface area contributed by atoms with Crippen molar-refractivity contribution in [3.63, 3.8) is 0 Å². The molecule has 0 aliphatic rings. The number of benzene rings is 2. The summed E-state index contributed by atoms with van der Waals surface area (Å²) < 4.78 is 42.2. The fourth-order valence-corrected chi connectivity index (χ4v) is 4.53. The molecule has 1 amide bonds. The molecule has 9 heteroatoms. The van der Waals surface area contributed by atoms with Crippen molar-refractivity contribution in [3.05, 3.63) is 47.0 Å². The van der Waals surface area contributed by atoms with Gasteiger partial charge < -0.3 is 19.5 Å². The number of nitrogens with zero attached hydrogens (tertiary/aromatic N) is 1. The highest BCUT2D eigenvalue weighted by molar-refractivity contribution is 7.92. The quantitative estimate of drug-likeness (QED) is 0.558. The summed E-state index contributed by atoms with van der Waals surface area (Å²) >= 11 is 0. The van der Waals surface area contributed by atoms with E-state index in [-0.39, 0.29) is 17.6 Å². The molecular formula is C24H34N2O6S. The predicted molar refractivity (Wildman–Crippen MR) is 130 cm³/mol. The molecule has 0 unspecified atom stereocenters. The minimum absolute atomic E-state index is 0.227. The van der Waals surface area contributed by atoms with E-state index in [2.05, 4.69) is 19.2 Å². The molecule has 2 aromatic carbocycles. The molecule has 8 nitrogen and oxygen atoms in total. The van der Waals surface area contributed by atoms with Crippen LogP contribution in [0.15, 0.2) is 30.3 Å². The van der Waals surface area contributed by atoms with Gasteiger partial charge in [0.05, 0.1) is 39.3 Å². The summed E-state index contributed by atoms with van der Waals surface area (Å²) in [6.45, 7) is 7.57. The number of nitrogens with one attached hydrogen (secondary N) is 1. The van der Waals surface area contributed by atoms with E-state index in [1.165, 1.54) is 20.3 Å². The third-order valence-electron chi connectivity index (χ3n) is 5.43. The summed E-state index contributed by atoms with van der Waals surface area (Å²) in [7, 11) is 0.768. The molecule has 2 aromatic rings. The van der Waals surface area contributed by atoms with Gasteiger partial charge in [0.1, 0.15) is 23.8 Å². The van der Waals surface area contributed by atoms with Crippen LogP contribution in [-0.4, -0.2) is 48.5 Å². The SMILES string of the molecule is COc1ccc(OC)c(N(CC(=O)N[C@H](C)c2cc(C(C)C)c(OC)cc2C)S(C)(=O)=O)c1. The molecule has 0 bridgehead atoms. The molecular weight excluding hydrogens is 444 g/mol. The Labute approximate surface area is 196 Å². The van der Waals surface area contributed by atoms with Gasteiger partial charge in [-0.3, -0.25) is 9.10 Å². The Balaban J connectivity index is 2.34. The molecule has 0 aliphatic carbocycles. The van der Waals surface area contributed by atoms with Crippen molar-refractivity contribution in [2.75, 3.05) is 38.4 Å². The van der Waals surface area contributed by atoms with Crippen molar-refractivity contribution in [2.24, 2.45) is 0 Å². The number of anilines is 1. The minimum atomic E-state index is -3.79. The van der Waals surface area contributed by atoms with Gasteiger partial charge in [0.2, 0.25) is 15.9 Å². The Kier molecular flexibility index (Phi) is 8.60. The van der Waals surface area contributed by atoms with Crippen LogP contribution >= 0.6 is 0 Å². The van der Waals surface area contributed by atoms with Crippen LogP contribution in [0.5, 0.6) is 17.2 Å². The number of carbonyl (C=O) groups is 1. The smallest absolute Gasteiger partial charge is 0.241 e. The first kappa shape index (κ1) is 26.3. The lowest BCUT2D eigenvalue weighted by Crippen LogP contribution is -2.41. The lowest BCUT2D eigenvalue weighted by Gasteiger charge is -2.26. The monoisotopic (exact) mass is 478 g/mol. The average Bonchev–Trinajstić information content (AvgIpc) is 2.75. The lowest BCUT2D eigenvalue weighted by atomic mass is 9.93. The van der Waals surface area contributed by atoms with Crippen LogP contribution in [0.25, 0.3) is 0 Å². The Morgan fingerprint density at radius 3 is 2.12 bits per heavy atom. The van der Waals surface area contributed by atoms with Crippen LogP contribution in [-0.2, 0) is 14.8 Å². The van der Waals surface area contributed by atoms with Crippen LogP contribution in [0.2, 0.25) is 0 Å². The molecule has 2 rings (SSSR count). The first-order valence-corrected chi connectivity index (χ1v) is 12.4. The maximum Gasteiger partial charge on any atom is 0.241 e. The number of aryl methyl sites for hydroxylation is 1. The van der Waals surface area contributed by atoms with Crippen molar-refractivity contribution >= 4 is 21.6 Å². The van der Waals surface area contributed by atoms with Crippen molar-refractivity contribution in [1.29, 1.82) is 0 Å². The maximum atomic E-state index is 13.0. The number of ether oxygens (including phenoxy) is 3. The zero-order valence-electron chi connectivity index (χ0n) is 20.6. The summed E-state index contributed by atoms with van der Waals surface area (Å²) in [4.78, 5) is 13.0. The van der Waals surface area contributed by atoms with Crippen LogP contribution in [0.1, 0.15) is 49.4 Å². The topological polar surface area (TPSA) is 94.2 Å².